The van der Waals surface area contributed by atoms with Crippen LogP contribution in [0.1, 0.15) is 123 Å². The van der Waals surface area contributed by atoms with Gasteiger partial charge in [-0.05, 0) is 42.9 Å². The van der Waals surface area contributed by atoms with Crippen molar-refractivity contribution in [1.82, 2.24) is 0 Å². The van der Waals surface area contributed by atoms with Crippen LogP contribution in [0.15, 0.2) is 0 Å². The number of hydrogen-bond acceptors (Lipinski definition) is 0. The van der Waals surface area contributed by atoms with E-state index in [2.05, 4.69) is 13.8 Å². The van der Waals surface area contributed by atoms with Gasteiger partial charge in [0.2, 0.25) is 0 Å². The van der Waals surface area contributed by atoms with Gasteiger partial charge >= 0.3 is 0 Å². The third-order valence-corrected chi connectivity index (χ3v) is 7.06. The molecule has 0 spiro atoms. The second-order valence-corrected chi connectivity index (χ2v) is 8.92. The summed E-state index contributed by atoms with van der Waals surface area (Å²) in [6, 6.07) is 0. The van der Waals surface area contributed by atoms with Crippen molar-refractivity contribution < 1.29 is 0 Å². The van der Waals surface area contributed by atoms with Gasteiger partial charge in [-0.2, -0.15) is 0 Å². The number of hydrogen-bond donors (Lipinski definition) is 0. The molecule has 136 valence electrons. The Labute approximate surface area is 147 Å². The SMILES string of the molecule is CCCCCCCC1CCCC(C2CCC(CCCC)CC2)C1. The normalized spacial score (nSPS) is 32.1. The standard InChI is InChI=1S/C23H44/c1-3-5-7-8-9-12-21-13-10-14-23(19-21)22-17-15-20(16-18-22)11-6-4-2/h20-23H,3-19H2,1-2H3. The van der Waals surface area contributed by atoms with Crippen LogP contribution in [0, 0.1) is 23.7 Å². The molecule has 2 atom stereocenters. The zero-order chi connectivity index (χ0) is 16.3. The summed E-state index contributed by atoms with van der Waals surface area (Å²) in [6.45, 7) is 4.67. The molecule has 0 N–H and O–H groups in total. The molecule has 0 aliphatic heterocycles. The fourth-order valence-corrected chi connectivity index (χ4v) is 5.50. The molecular weight excluding hydrogens is 276 g/mol. The molecule has 0 heteroatoms. The maximum absolute atomic E-state index is 2.34. The lowest BCUT2D eigenvalue weighted by Gasteiger charge is -2.38. The van der Waals surface area contributed by atoms with Gasteiger partial charge in [0.05, 0.1) is 0 Å². The van der Waals surface area contributed by atoms with E-state index in [4.69, 9.17) is 0 Å². The zero-order valence-electron chi connectivity index (χ0n) is 16.3. The summed E-state index contributed by atoms with van der Waals surface area (Å²) >= 11 is 0. The lowest BCUT2D eigenvalue weighted by atomic mass is 9.67. The lowest BCUT2D eigenvalue weighted by Crippen LogP contribution is -2.26. The topological polar surface area (TPSA) is 0 Å². The molecule has 0 aromatic carbocycles. The Morgan fingerprint density at radius 2 is 1.26 bits per heavy atom. The summed E-state index contributed by atoms with van der Waals surface area (Å²) in [4.78, 5) is 0. The van der Waals surface area contributed by atoms with Crippen LogP contribution in [0.5, 0.6) is 0 Å². The molecule has 0 nitrogen and oxygen atoms in total. The van der Waals surface area contributed by atoms with Gasteiger partial charge in [0.15, 0.2) is 0 Å². The van der Waals surface area contributed by atoms with E-state index in [0.29, 0.717) is 0 Å². The quantitative estimate of drug-likeness (QED) is 0.356. The fourth-order valence-electron chi connectivity index (χ4n) is 5.50. The predicted molar refractivity (Wildman–Crippen MR) is 104 cm³/mol. The van der Waals surface area contributed by atoms with Gasteiger partial charge in [0.25, 0.3) is 0 Å². The van der Waals surface area contributed by atoms with E-state index in [9.17, 15) is 0 Å². The van der Waals surface area contributed by atoms with E-state index >= 15 is 0 Å². The summed E-state index contributed by atoms with van der Waals surface area (Å²) in [6.07, 6.45) is 25.8. The van der Waals surface area contributed by atoms with E-state index < -0.39 is 0 Å². The highest BCUT2D eigenvalue weighted by molar-refractivity contribution is 4.82. The van der Waals surface area contributed by atoms with Gasteiger partial charge in [-0.1, -0.05) is 104 Å². The number of rotatable bonds is 10. The van der Waals surface area contributed by atoms with Crippen LogP contribution >= 0.6 is 0 Å². The minimum atomic E-state index is 1.09. The third-order valence-electron chi connectivity index (χ3n) is 7.06. The molecule has 2 saturated carbocycles. The average molecular weight is 321 g/mol. The Morgan fingerprint density at radius 3 is 2.00 bits per heavy atom. The van der Waals surface area contributed by atoms with Gasteiger partial charge in [-0.3, -0.25) is 0 Å². The fraction of sp³-hybridized carbons (Fsp3) is 1.00. The van der Waals surface area contributed by atoms with Crippen molar-refractivity contribution in [2.45, 2.75) is 123 Å². The van der Waals surface area contributed by atoms with Crippen molar-refractivity contribution in [3.8, 4) is 0 Å². The van der Waals surface area contributed by atoms with Crippen molar-refractivity contribution in [1.29, 1.82) is 0 Å². The smallest absolute Gasteiger partial charge is 0.0383 e. The van der Waals surface area contributed by atoms with Crippen LogP contribution in [-0.2, 0) is 0 Å². The summed E-state index contributed by atoms with van der Waals surface area (Å²) in [5.74, 6) is 4.39. The van der Waals surface area contributed by atoms with Crippen LogP contribution in [-0.4, -0.2) is 0 Å². The van der Waals surface area contributed by atoms with Crippen LogP contribution in [0.3, 0.4) is 0 Å². The molecule has 0 saturated heterocycles. The molecule has 2 aliphatic carbocycles. The van der Waals surface area contributed by atoms with Gasteiger partial charge in [-0.15, -0.1) is 0 Å². The molecule has 2 unspecified atom stereocenters. The van der Waals surface area contributed by atoms with E-state index in [-0.39, 0.29) is 0 Å². The second-order valence-electron chi connectivity index (χ2n) is 8.92. The largest absolute Gasteiger partial charge is 0.0654 e. The Hall–Kier alpha value is 0. The van der Waals surface area contributed by atoms with Gasteiger partial charge in [0.1, 0.15) is 0 Å². The molecule has 2 aliphatic rings. The Morgan fingerprint density at radius 1 is 0.565 bits per heavy atom. The third kappa shape index (κ3) is 7.18. The minimum absolute atomic E-state index is 1.09. The van der Waals surface area contributed by atoms with Crippen molar-refractivity contribution in [3.63, 3.8) is 0 Å². The first-order valence-electron chi connectivity index (χ1n) is 11.3. The van der Waals surface area contributed by atoms with Gasteiger partial charge in [0, 0.05) is 0 Å². The Bertz CT molecular complexity index is 274. The Balaban J connectivity index is 1.62. The van der Waals surface area contributed by atoms with E-state index in [1.165, 1.54) is 51.4 Å². The molecule has 0 bridgehead atoms. The van der Waals surface area contributed by atoms with Gasteiger partial charge < -0.3 is 0 Å². The van der Waals surface area contributed by atoms with E-state index in [0.717, 1.165) is 23.7 Å². The second kappa shape index (κ2) is 11.5. The first-order chi connectivity index (χ1) is 11.3. The van der Waals surface area contributed by atoms with E-state index in [1.54, 1.807) is 57.8 Å². The lowest BCUT2D eigenvalue weighted by molar-refractivity contribution is 0.132. The molecule has 23 heavy (non-hydrogen) atoms. The summed E-state index contributed by atoms with van der Waals surface area (Å²) in [5.41, 5.74) is 0. The first kappa shape index (κ1) is 19.3. The predicted octanol–water partition coefficient (Wildman–Crippen LogP) is 8.15. The first-order valence-corrected chi connectivity index (χ1v) is 11.3. The van der Waals surface area contributed by atoms with Gasteiger partial charge in [-0.25, -0.2) is 0 Å². The Kier molecular flexibility index (Phi) is 9.69. The van der Waals surface area contributed by atoms with Crippen LogP contribution in [0.2, 0.25) is 0 Å². The summed E-state index contributed by atoms with van der Waals surface area (Å²) in [7, 11) is 0. The molecule has 2 fully saturated rings. The highest BCUT2D eigenvalue weighted by Crippen LogP contribution is 2.43. The van der Waals surface area contributed by atoms with Crippen molar-refractivity contribution >= 4 is 0 Å². The maximum Gasteiger partial charge on any atom is -0.0383 e. The minimum Gasteiger partial charge on any atom is -0.0654 e. The summed E-state index contributed by atoms with van der Waals surface area (Å²) in [5, 5.41) is 0. The molecule has 0 aromatic rings. The highest BCUT2D eigenvalue weighted by atomic mass is 14.4. The average Bonchev–Trinajstić information content (AvgIpc) is 2.60. The molecule has 2 rings (SSSR count). The van der Waals surface area contributed by atoms with Crippen molar-refractivity contribution in [3.05, 3.63) is 0 Å². The molecule has 0 aromatic heterocycles. The highest BCUT2D eigenvalue weighted by Gasteiger charge is 2.31. The monoisotopic (exact) mass is 320 g/mol. The van der Waals surface area contributed by atoms with E-state index in [1.807, 2.05) is 0 Å². The maximum atomic E-state index is 2.34. The molecule has 0 amide bonds. The molecular formula is C23H44. The zero-order valence-corrected chi connectivity index (χ0v) is 16.3. The number of unbranched alkanes of at least 4 members (excludes halogenated alkanes) is 5. The summed E-state index contributed by atoms with van der Waals surface area (Å²) < 4.78 is 0. The van der Waals surface area contributed by atoms with Crippen LogP contribution in [0.4, 0.5) is 0 Å². The molecule has 0 radical (unpaired) electrons. The van der Waals surface area contributed by atoms with Crippen LogP contribution in [0.25, 0.3) is 0 Å². The van der Waals surface area contributed by atoms with Crippen LogP contribution < -0.4 is 0 Å². The van der Waals surface area contributed by atoms with Crippen molar-refractivity contribution in [2.75, 3.05) is 0 Å². The van der Waals surface area contributed by atoms with Crippen molar-refractivity contribution in [2.24, 2.45) is 23.7 Å². The molecule has 0 heterocycles.